The Balaban J connectivity index is 1.83. The highest BCUT2D eigenvalue weighted by Gasteiger charge is 2.16. The summed E-state index contributed by atoms with van der Waals surface area (Å²) in [5.74, 6) is 0.872. The van der Waals surface area contributed by atoms with E-state index < -0.39 is 0 Å². The van der Waals surface area contributed by atoms with Gasteiger partial charge in [-0.1, -0.05) is 30.3 Å². The molecule has 4 aromatic rings. The summed E-state index contributed by atoms with van der Waals surface area (Å²) in [7, 11) is 0. The highest BCUT2D eigenvalue weighted by Crippen LogP contribution is 2.37. The van der Waals surface area contributed by atoms with E-state index in [0.717, 1.165) is 31.9 Å². The molecule has 3 heterocycles. The Hall–Kier alpha value is -2.53. The van der Waals surface area contributed by atoms with Crippen molar-refractivity contribution in [2.45, 2.75) is 26.8 Å². The van der Waals surface area contributed by atoms with Gasteiger partial charge in [-0.3, -0.25) is 0 Å². The van der Waals surface area contributed by atoms with Gasteiger partial charge in [0.2, 0.25) is 0 Å². The minimum absolute atomic E-state index is 0.172. The normalized spacial score (nSPS) is 12.6. The molecule has 4 nitrogen and oxygen atoms in total. The zero-order valence-electron chi connectivity index (χ0n) is 13.9. The van der Waals surface area contributed by atoms with Crippen molar-refractivity contribution in [2.75, 3.05) is 5.32 Å². The van der Waals surface area contributed by atoms with E-state index in [2.05, 4.69) is 64.4 Å². The Labute approximate surface area is 144 Å². The lowest BCUT2D eigenvalue weighted by Gasteiger charge is -2.15. The number of anilines is 1. The molecule has 0 radical (unpaired) electrons. The molecule has 0 aliphatic rings. The SMILES string of the molecule is Cc1cc(C)c2c(n1)sc1c(N[C@@H](C)c3ccccc3)ncnc12. The van der Waals surface area contributed by atoms with Crippen LogP contribution in [-0.4, -0.2) is 15.0 Å². The summed E-state index contributed by atoms with van der Waals surface area (Å²) in [6.45, 7) is 6.29. The zero-order valence-corrected chi connectivity index (χ0v) is 14.7. The molecule has 0 spiro atoms. The number of fused-ring (bicyclic) bond motifs is 3. The van der Waals surface area contributed by atoms with Crippen LogP contribution in [0.1, 0.15) is 29.8 Å². The lowest BCUT2D eigenvalue weighted by molar-refractivity contribution is 0.876. The van der Waals surface area contributed by atoms with Crippen molar-refractivity contribution in [3.8, 4) is 0 Å². The lowest BCUT2D eigenvalue weighted by Crippen LogP contribution is -2.07. The second-order valence-electron chi connectivity index (χ2n) is 6.04. The molecule has 0 fully saturated rings. The zero-order chi connectivity index (χ0) is 16.7. The Morgan fingerprint density at radius 1 is 1.08 bits per heavy atom. The summed E-state index contributed by atoms with van der Waals surface area (Å²) >= 11 is 1.66. The molecule has 3 aromatic heterocycles. The standard InChI is InChI=1S/C19H18N4S/c1-11-9-12(2)22-19-15(11)16-17(24-19)18(21-10-20-16)23-13(3)14-7-5-4-6-8-14/h4-10,13H,1-3H3,(H,20,21,23)/t13-/m0/s1. The monoisotopic (exact) mass is 334 g/mol. The summed E-state index contributed by atoms with van der Waals surface area (Å²) in [5, 5.41) is 4.67. The van der Waals surface area contributed by atoms with Crippen molar-refractivity contribution in [2.24, 2.45) is 0 Å². The molecule has 0 aliphatic carbocycles. The number of nitrogens with one attached hydrogen (secondary N) is 1. The van der Waals surface area contributed by atoms with Crippen LogP contribution in [0.4, 0.5) is 5.82 Å². The average Bonchev–Trinajstić information content (AvgIpc) is 2.95. The van der Waals surface area contributed by atoms with Crippen LogP contribution < -0.4 is 5.32 Å². The largest absolute Gasteiger partial charge is 0.362 e. The maximum atomic E-state index is 4.68. The van der Waals surface area contributed by atoms with Crippen LogP contribution in [0.25, 0.3) is 20.4 Å². The van der Waals surface area contributed by atoms with Gasteiger partial charge in [-0.2, -0.15) is 0 Å². The van der Waals surface area contributed by atoms with E-state index in [1.54, 1.807) is 17.7 Å². The van der Waals surface area contributed by atoms with Crippen LogP contribution in [-0.2, 0) is 0 Å². The molecule has 1 atom stereocenters. The fourth-order valence-corrected chi connectivity index (χ4v) is 4.24. The summed E-state index contributed by atoms with van der Waals surface area (Å²) in [6.07, 6.45) is 1.63. The van der Waals surface area contributed by atoms with Gasteiger partial charge in [-0.05, 0) is 38.0 Å². The third-order valence-electron chi connectivity index (χ3n) is 4.20. The van der Waals surface area contributed by atoms with E-state index in [1.807, 2.05) is 13.0 Å². The third-order valence-corrected chi connectivity index (χ3v) is 5.28. The number of nitrogens with zero attached hydrogens (tertiary/aromatic N) is 3. The van der Waals surface area contributed by atoms with Gasteiger partial charge < -0.3 is 5.32 Å². The molecular formula is C19H18N4S. The van der Waals surface area contributed by atoms with E-state index in [4.69, 9.17) is 0 Å². The number of pyridine rings is 1. The summed E-state index contributed by atoms with van der Waals surface area (Å²) in [5.41, 5.74) is 4.46. The Morgan fingerprint density at radius 3 is 2.67 bits per heavy atom. The molecule has 120 valence electrons. The van der Waals surface area contributed by atoms with Gasteiger partial charge in [-0.15, -0.1) is 11.3 Å². The maximum Gasteiger partial charge on any atom is 0.148 e. The van der Waals surface area contributed by atoms with Gasteiger partial charge in [0.15, 0.2) is 0 Å². The molecule has 1 N–H and O–H groups in total. The van der Waals surface area contributed by atoms with Gasteiger partial charge in [0.25, 0.3) is 0 Å². The molecule has 0 amide bonds. The number of benzene rings is 1. The van der Waals surface area contributed by atoms with Crippen molar-refractivity contribution in [3.05, 3.63) is 59.5 Å². The summed E-state index contributed by atoms with van der Waals surface area (Å²) in [6, 6.07) is 12.7. The fourth-order valence-electron chi connectivity index (χ4n) is 3.04. The Kier molecular flexibility index (Phi) is 3.65. The number of rotatable bonds is 3. The first-order chi connectivity index (χ1) is 11.6. The smallest absolute Gasteiger partial charge is 0.148 e. The van der Waals surface area contributed by atoms with Crippen LogP contribution in [0.5, 0.6) is 0 Å². The maximum absolute atomic E-state index is 4.68. The second kappa shape index (κ2) is 5.83. The van der Waals surface area contributed by atoms with Gasteiger partial charge >= 0.3 is 0 Å². The molecule has 5 heteroatoms. The summed E-state index contributed by atoms with van der Waals surface area (Å²) in [4.78, 5) is 14.7. The molecule has 0 aliphatic heterocycles. The van der Waals surface area contributed by atoms with Crippen LogP contribution in [0, 0.1) is 13.8 Å². The number of hydrogen-bond acceptors (Lipinski definition) is 5. The van der Waals surface area contributed by atoms with Crippen LogP contribution in [0.2, 0.25) is 0 Å². The van der Waals surface area contributed by atoms with Crippen LogP contribution in [0.15, 0.2) is 42.7 Å². The minimum atomic E-state index is 0.172. The van der Waals surface area contributed by atoms with E-state index >= 15 is 0 Å². The third kappa shape index (κ3) is 2.51. The predicted octanol–water partition coefficient (Wildman–Crippen LogP) is 5.03. The predicted molar refractivity (Wildman–Crippen MR) is 101 cm³/mol. The van der Waals surface area contributed by atoms with Crippen molar-refractivity contribution in [1.29, 1.82) is 0 Å². The first-order valence-corrected chi connectivity index (χ1v) is 8.78. The number of thiophene rings is 1. The average molecular weight is 334 g/mol. The number of hydrogen-bond donors (Lipinski definition) is 1. The molecule has 0 unspecified atom stereocenters. The quantitative estimate of drug-likeness (QED) is 0.571. The van der Waals surface area contributed by atoms with Crippen LogP contribution >= 0.6 is 11.3 Å². The van der Waals surface area contributed by atoms with Crippen molar-refractivity contribution >= 4 is 37.6 Å². The molecular weight excluding hydrogens is 316 g/mol. The van der Waals surface area contributed by atoms with Crippen molar-refractivity contribution in [3.63, 3.8) is 0 Å². The van der Waals surface area contributed by atoms with Gasteiger partial charge in [0.1, 0.15) is 17.0 Å². The fraction of sp³-hybridized carbons (Fsp3) is 0.211. The highest BCUT2D eigenvalue weighted by molar-refractivity contribution is 7.26. The van der Waals surface area contributed by atoms with Crippen molar-refractivity contribution in [1.82, 2.24) is 15.0 Å². The molecule has 0 saturated carbocycles. The van der Waals surface area contributed by atoms with E-state index in [1.165, 1.54) is 11.1 Å². The van der Waals surface area contributed by atoms with Crippen LogP contribution in [0.3, 0.4) is 0 Å². The first-order valence-electron chi connectivity index (χ1n) is 7.96. The summed E-state index contributed by atoms with van der Waals surface area (Å²) < 4.78 is 1.07. The second-order valence-corrected chi connectivity index (χ2v) is 7.04. The molecule has 4 rings (SSSR count). The van der Waals surface area contributed by atoms with Gasteiger partial charge in [0, 0.05) is 17.1 Å². The molecule has 0 bridgehead atoms. The van der Waals surface area contributed by atoms with Gasteiger partial charge in [0.05, 0.1) is 10.2 Å². The number of aromatic nitrogens is 3. The Morgan fingerprint density at radius 2 is 1.88 bits per heavy atom. The first kappa shape index (κ1) is 15.0. The van der Waals surface area contributed by atoms with E-state index in [9.17, 15) is 0 Å². The molecule has 24 heavy (non-hydrogen) atoms. The van der Waals surface area contributed by atoms with Crippen molar-refractivity contribution < 1.29 is 0 Å². The highest BCUT2D eigenvalue weighted by atomic mass is 32.1. The number of aryl methyl sites for hydroxylation is 2. The molecule has 0 saturated heterocycles. The lowest BCUT2D eigenvalue weighted by atomic mass is 10.1. The van der Waals surface area contributed by atoms with Gasteiger partial charge in [-0.25, -0.2) is 15.0 Å². The Bertz CT molecular complexity index is 1020. The molecule has 1 aromatic carbocycles. The van der Waals surface area contributed by atoms with E-state index in [0.29, 0.717) is 0 Å². The topological polar surface area (TPSA) is 50.7 Å². The van der Waals surface area contributed by atoms with E-state index in [-0.39, 0.29) is 6.04 Å². The minimum Gasteiger partial charge on any atom is -0.362 e.